The second-order valence-corrected chi connectivity index (χ2v) is 6.52. The molecule has 4 aromatic rings. The SMILES string of the molecule is O=C(NCC(F)F)c1cnc2ccc(-c3c[nH]c4nc(NCC(F)(F)F)ncc34)cn12. The highest BCUT2D eigenvalue weighted by molar-refractivity contribution is 5.95. The third-order valence-electron chi connectivity index (χ3n) is 4.35. The van der Waals surface area contributed by atoms with Gasteiger partial charge in [0.05, 0.1) is 12.7 Å². The van der Waals surface area contributed by atoms with Crippen molar-refractivity contribution in [3.05, 3.63) is 42.6 Å². The molecule has 0 aromatic carbocycles. The topological polar surface area (TPSA) is 100 Å². The molecule has 3 N–H and O–H groups in total. The smallest absolute Gasteiger partial charge is 0.345 e. The van der Waals surface area contributed by atoms with Crippen LogP contribution in [0.5, 0.6) is 0 Å². The first-order valence-electron chi connectivity index (χ1n) is 8.90. The molecule has 4 aromatic heterocycles. The Hall–Kier alpha value is -3.77. The van der Waals surface area contributed by atoms with Crippen molar-refractivity contribution in [2.45, 2.75) is 12.6 Å². The number of aromatic nitrogens is 5. The fourth-order valence-electron chi connectivity index (χ4n) is 2.98. The standard InChI is InChI=1S/C18H14F5N7O/c19-13(20)6-26-16(31)12-5-24-14-2-1-9(7-30(12)14)10-3-25-15-11(10)4-27-17(29-15)28-8-18(21,22)23/h1-5,7,13H,6,8H2,(H,26,31)(H2,25,27,28,29). The van der Waals surface area contributed by atoms with Crippen LogP contribution in [0.15, 0.2) is 36.9 Å². The van der Waals surface area contributed by atoms with Crippen LogP contribution >= 0.6 is 0 Å². The van der Waals surface area contributed by atoms with Crippen molar-refractivity contribution >= 4 is 28.5 Å². The molecule has 0 radical (unpaired) electrons. The van der Waals surface area contributed by atoms with E-state index in [1.807, 2.05) is 0 Å². The number of anilines is 1. The van der Waals surface area contributed by atoms with Gasteiger partial charge in [0.15, 0.2) is 0 Å². The van der Waals surface area contributed by atoms with Crippen LogP contribution in [-0.4, -0.2) is 55.9 Å². The van der Waals surface area contributed by atoms with Gasteiger partial charge in [-0.2, -0.15) is 18.2 Å². The second-order valence-electron chi connectivity index (χ2n) is 6.52. The highest BCUT2D eigenvalue weighted by Crippen LogP contribution is 2.28. The van der Waals surface area contributed by atoms with Crippen LogP contribution in [0.2, 0.25) is 0 Å². The summed E-state index contributed by atoms with van der Waals surface area (Å²) in [6.07, 6.45) is -1.24. The summed E-state index contributed by atoms with van der Waals surface area (Å²) in [6.45, 7) is -2.05. The van der Waals surface area contributed by atoms with E-state index in [9.17, 15) is 26.7 Å². The van der Waals surface area contributed by atoms with Crippen molar-refractivity contribution in [2.75, 3.05) is 18.4 Å². The molecule has 1 amide bonds. The number of pyridine rings is 1. The number of alkyl halides is 5. The van der Waals surface area contributed by atoms with E-state index in [1.54, 1.807) is 24.5 Å². The largest absolute Gasteiger partial charge is 0.405 e. The minimum Gasteiger partial charge on any atom is -0.345 e. The van der Waals surface area contributed by atoms with Gasteiger partial charge in [0.2, 0.25) is 5.95 Å². The minimum atomic E-state index is -4.40. The number of aromatic amines is 1. The van der Waals surface area contributed by atoms with Crippen LogP contribution in [0.1, 0.15) is 10.5 Å². The summed E-state index contributed by atoms with van der Waals surface area (Å²) in [5, 5.41) is 4.78. The van der Waals surface area contributed by atoms with E-state index < -0.39 is 31.6 Å². The highest BCUT2D eigenvalue weighted by Gasteiger charge is 2.27. The highest BCUT2D eigenvalue weighted by atomic mass is 19.4. The van der Waals surface area contributed by atoms with Crippen LogP contribution in [-0.2, 0) is 0 Å². The van der Waals surface area contributed by atoms with E-state index in [0.717, 1.165) is 0 Å². The van der Waals surface area contributed by atoms with Gasteiger partial charge in [0.1, 0.15) is 23.5 Å². The van der Waals surface area contributed by atoms with Crippen LogP contribution in [0, 0.1) is 0 Å². The van der Waals surface area contributed by atoms with Crippen LogP contribution < -0.4 is 10.6 Å². The van der Waals surface area contributed by atoms with Gasteiger partial charge in [-0.05, 0) is 12.1 Å². The number of amides is 1. The Bertz CT molecular complexity index is 1250. The minimum absolute atomic E-state index is 0.0761. The number of fused-ring (bicyclic) bond motifs is 2. The van der Waals surface area contributed by atoms with E-state index in [1.165, 1.54) is 16.8 Å². The van der Waals surface area contributed by atoms with Crippen molar-refractivity contribution in [3.8, 4) is 11.1 Å². The zero-order chi connectivity index (χ0) is 22.2. The first-order valence-corrected chi connectivity index (χ1v) is 8.90. The predicted octanol–water partition coefficient (Wildman–Crippen LogP) is 3.24. The van der Waals surface area contributed by atoms with Gasteiger partial charge in [-0.25, -0.2) is 18.7 Å². The molecular weight excluding hydrogens is 425 g/mol. The molecule has 8 nitrogen and oxygen atoms in total. The molecule has 0 aliphatic carbocycles. The summed E-state index contributed by atoms with van der Waals surface area (Å²) in [4.78, 5) is 27.1. The fourth-order valence-corrected chi connectivity index (χ4v) is 2.98. The van der Waals surface area contributed by atoms with Gasteiger partial charge >= 0.3 is 6.18 Å². The molecule has 31 heavy (non-hydrogen) atoms. The number of carbonyl (C=O) groups excluding carboxylic acids is 1. The molecule has 4 heterocycles. The Morgan fingerprint density at radius 2 is 2.00 bits per heavy atom. The third-order valence-corrected chi connectivity index (χ3v) is 4.35. The zero-order valence-corrected chi connectivity index (χ0v) is 15.5. The Balaban J connectivity index is 1.65. The van der Waals surface area contributed by atoms with Gasteiger partial charge < -0.3 is 15.6 Å². The van der Waals surface area contributed by atoms with Gasteiger partial charge in [-0.3, -0.25) is 9.20 Å². The lowest BCUT2D eigenvalue weighted by Crippen LogP contribution is -2.29. The summed E-state index contributed by atoms with van der Waals surface area (Å²) in [7, 11) is 0. The summed E-state index contributed by atoms with van der Waals surface area (Å²) < 4.78 is 63.3. The summed E-state index contributed by atoms with van der Waals surface area (Å²) >= 11 is 0. The van der Waals surface area contributed by atoms with Gasteiger partial charge in [0, 0.05) is 35.1 Å². The Morgan fingerprint density at radius 1 is 1.19 bits per heavy atom. The molecule has 0 fully saturated rings. The monoisotopic (exact) mass is 439 g/mol. The maximum atomic E-state index is 12.4. The first kappa shape index (κ1) is 20.5. The van der Waals surface area contributed by atoms with Crippen molar-refractivity contribution in [1.29, 1.82) is 0 Å². The number of halogens is 5. The molecular formula is C18H14F5N7O. The van der Waals surface area contributed by atoms with E-state index in [0.29, 0.717) is 27.8 Å². The number of imidazole rings is 1. The normalized spacial score (nSPS) is 12.1. The molecule has 13 heteroatoms. The Kier molecular flexibility index (Phi) is 5.17. The van der Waals surface area contributed by atoms with Crippen molar-refractivity contribution < 1.29 is 26.7 Å². The maximum absolute atomic E-state index is 12.4. The van der Waals surface area contributed by atoms with Crippen LogP contribution in [0.25, 0.3) is 27.8 Å². The van der Waals surface area contributed by atoms with Gasteiger partial charge in [0.25, 0.3) is 12.3 Å². The average Bonchev–Trinajstić information content (AvgIpc) is 3.33. The number of hydrogen-bond donors (Lipinski definition) is 3. The average molecular weight is 439 g/mol. The second kappa shape index (κ2) is 7.81. The molecule has 0 bridgehead atoms. The lowest BCUT2D eigenvalue weighted by molar-refractivity contribution is -0.115. The summed E-state index contributed by atoms with van der Waals surface area (Å²) in [5.74, 6) is -0.881. The molecule has 0 unspecified atom stereocenters. The summed E-state index contributed by atoms with van der Waals surface area (Å²) in [5.41, 5.74) is 2.08. The van der Waals surface area contributed by atoms with E-state index in [4.69, 9.17) is 0 Å². The van der Waals surface area contributed by atoms with Gasteiger partial charge in [-0.1, -0.05) is 0 Å². The molecule has 0 spiro atoms. The third kappa shape index (κ3) is 4.39. The van der Waals surface area contributed by atoms with Crippen molar-refractivity contribution in [3.63, 3.8) is 0 Å². The first-order chi connectivity index (χ1) is 14.7. The quantitative estimate of drug-likeness (QED) is 0.401. The van der Waals surface area contributed by atoms with E-state index in [2.05, 4.69) is 30.6 Å². The number of rotatable bonds is 6. The number of carbonyl (C=O) groups is 1. The van der Waals surface area contributed by atoms with Crippen LogP contribution in [0.3, 0.4) is 0 Å². The molecule has 0 saturated heterocycles. The number of nitrogens with zero attached hydrogens (tertiary/aromatic N) is 4. The number of nitrogens with one attached hydrogen (secondary N) is 3. The molecule has 0 aliphatic rings. The van der Waals surface area contributed by atoms with Crippen molar-refractivity contribution in [2.24, 2.45) is 0 Å². The Morgan fingerprint density at radius 3 is 2.74 bits per heavy atom. The molecule has 0 aliphatic heterocycles. The lowest BCUT2D eigenvalue weighted by atomic mass is 10.1. The van der Waals surface area contributed by atoms with Crippen molar-refractivity contribution in [1.82, 2.24) is 29.7 Å². The molecule has 0 atom stereocenters. The van der Waals surface area contributed by atoms with E-state index >= 15 is 0 Å². The zero-order valence-electron chi connectivity index (χ0n) is 15.5. The molecule has 4 rings (SSSR count). The fraction of sp³-hybridized carbons (Fsp3) is 0.222. The lowest BCUT2D eigenvalue weighted by Gasteiger charge is -2.08. The predicted molar refractivity (Wildman–Crippen MR) is 101 cm³/mol. The van der Waals surface area contributed by atoms with Crippen LogP contribution in [0.4, 0.5) is 27.9 Å². The maximum Gasteiger partial charge on any atom is 0.405 e. The molecule has 162 valence electrons. The Labute approximate surface area is 170 Å². The van der Waals surface area contributed by atoms with Gasteiger partial charge in [-0.15, -0.1) is 0 Å². The van der Waals surface area contributed by atoms with E-state index in [-0.39, 0.29) is 11.6 Å². The number of H-pyrrole nitrogens is 1. The molecule has 0 saturated carbocycles. The number of hydrogen-bond acceptors (Lipinski definition) is 5. The summed E-state index contributed by atoms with van der Waals surface area (Å²) in [6, 6.07) is 3.36.